The average molecular weight is 497 g/mol. The largest absolute Gasteiger partial charge is 0.419 e. The minimum atomic E-state index is -1.24. The third-order valence-electron chi connectivity index (χ3n) is 9.20. The highest BCUT2D eigenvalue weighted by molar-refractivity contribution is 5.93. The lowest BCUT2D eigenvalue weighted by Crippen LogP contribution is -2.49. The summed E-state index contributed by atoms with van der Waals surface area (Å²) in [6.45, 7) is 13.3. The van der Waals surface area contributed by atoms with E-state index in [1.54, 1.807) is 0 Å². The van der Waals surface area contributed by atoms with E-state index in [0.29, 0.717) is 18.8 Å². The van der Waals surface area contributed by atoms with Crippen LogP contribution in [-0.4, -0.2) is 28.9 Å². The Morgan fingerprint density at radius 2 is 1.81 bits per heavy atom. The summed E-state index contributed by atoms with van der Waals surface area (Å²) in [6.07, 6.45) is 15.5. The Bertz CT molecular complexity index is 949. The van der Waals surface area contributed by atoms with Crippen molar-refractivity contribution in [1.82, 2.24) is 0 Å². The molecule has 36 heavy (non-hydrogen) atoms. The summed E-state index contributed by atoms with van der Waals surface area (Å²) in [4.78, 5) is 25.3. The second kappa shape index (κ2) is 10.7. The van der Waals surface area contributed by atoms with Crippen molar-refractivity contribution in [2.45, 2.75) is 104 Å². The first-order valence-electron chi connectivity index (χ1n) is 13.9. The minimum absolute atomic E-state index is 0.0715. The summed E-state index contributed by atoms with van der Waals surface area (Å²) in [7, 11) is 0. The van der Waals surface area contributed by atoms with Crippen LogP contribution in [0, 0.1) is 29.1 Å². The summed E-state index contributed by atoms with van der Waals surface area (Å²) < 4.78 is 12.1. The van der Waals surface area contributed by atoms with Gasteiger partial charge in [0.1, 0.15) is 0 Å². The van der Waals surface area contributed by atoms with Crippen LogP contribution in [-0.2, 0) is 19.1 Å². The molecule has 198 valence electrons. The number of hydrogen-bond donors (Lipinski definition) is 1. The molecular weight excluding hydrogens is 452 g/mol. The molecule has 1 spiro atoms. The molecular formula is C31H44O5. The van der Waals surface area contributed by atoms with E-state index in [-0.39, 0.29) is 29.3 Å². The van der Waals surface area contributed by atoms with E-state index in [9.17, 15) is 14.7 Å². The predicted molar refractivity (Wildman–Crippen MR) is 141 cm³/mol. The minimum Gasteiger partial charge on any atom is -0.419 e. The van der Waals surface area contributed by atoms with E-state index in [4.69, 9.17) is 9.47 Å². The predicted octanol–water partition coefficient (Wildman–Crippen LogP) is 6.58. The molecule has 1 aliphatic heterocycles. The van der Waals surface area contributed by atoms with Crippen LogP contribution in [0.15, 0.2) is 47.6 Å². The summed E-state index contributed by atoms with van der Waals surface area (Å²) >= 11 is 0. The summed E-state index contributed by atoms with van der Waals surface area (Å²) in [5.41, 5.74) is 3.40. The van der Waals surface area contributed by atoms with Gasteiger partial charge in [0.15, 0.2) is 0 Å². The van der Waals surface area contributed by atoms with Gasteiger partial charge in [0.25, 0.3) is 5.79 Å². The lowest BCUT2D eigenvalue weighted by Gasteiger charge is -2.46. The molecule has 3 aliphatic carbocycles. The molecule has 0 saturated heterocycles. The number of fused-ring (bicyclic) bond motifs is 1. The number of allylic oxidation sites excluding steroid dienone is 4. The molecule has 0 aromatic heterocycles. The molecule has 0 bridgehead atoms. The maximum absolute atomic E-state index is 12.7. The number of carbonyl (C=O) groups is 2. The SMILES string of the molecule is C=C1CC[C@H](O)C/C1=C\C=C1/CCC[C@]2(C)[C@H]1CC1(OC(=O)C=CC(=O)O1)[C@@H]2[C@H](C)CCCC(C)C. The Kier molecular flexibility index (Phi) is 7.99. The van der Waals surface area contributed by atoms with Crippen molar-refractivity contribution in [1.29, 1.82) is 0 Å². The molecule has 0 unspecified atom stereocenters. The highest BCUT2D eigenvalue weighted by atomic mass is 16.7. The van der Waals surface area contributed by atoms with Crippen LogP contribution in [0.3, 0.4) is 0 Å². The van der Waals surface area contributed by atoms with Gasteiger partial charge in [0.05, 0.1) is 6.10 Å². The Morgan fingerprint density at radius 3 is 2.47 bits per heavy atom. The van der Waals surface area contributed by atoms with Crippen LogP contribution >= 0.6 is 0 Å². The molecule has 4 rings (SSSR count). The highest BCUT2D eigenvalue weighted by Crippen LogP contribution is 2.65. The molecule has 4 aliphatic rings. The van der Waals surface area contributed by atoms with Crippen LogP contribution in [0.25, 0.3) is 0 Å². The van der Waals surface area contributed by atoms with E-state index in [1.807, 2.05) is 0 Å². The number of aliphatic hydroxyl groups excluding tert-OH is 1. The Hall–Kier alpha value is -2.14. The lowest BCUT2D eigenvalue weighted by molar-refractivity contribution is -0.246. The van der Waals surface area contributed by atoms with Crippen LogP contribution < -0.4 is 0 Å². The quantitative estimate of drug-likeness (QED) is 0.420. The molecule has 3 fully saturated rings. The van der Waals surface area contributed by atoms with Crippen LogP contribution in [0.5, 0.6) is 0 Å². The van der Waals surface area contributed by atoms with Gasteiger partial charge in [-0.3, -0.25) is 0 Å². The Balaban J connectivity index is 1.70. The molecule has 1 heterocycles. The smallest absolute Gasteiger partial charge is 0.334 e. The molecule has 0 aromatic carbocycles. The average Bonchev–Trinajstić information content (AvgIpc) is 2.96. The third kappa shape index (κ3) is 5.41. The van der Waals surface area contributed by atoms with Gasteiger partial charge in [0, 0.05) is 24.5 Å². The van der Waals surface area contributed by atoms with Crippen molar-refractivity contribution in [3.8, 4) is 0 Å². The fraction of sp³-hybridized carbons (Fsp3) is 0.677. The molecule has 5 heteroatoms. The third-order valence-corrected chi connectivity index (χ3v) is 9.20. The monoisotopic (exact) mass is 496 g/mol. The normalized spacial score (nSPS) is 35.2. The molecule has 5 atom stereocenters. The molecule has 3 saturated carbocycles. The molecule has 0 radical (unpaired) electrons. The topological polar surface area (TPSA) is 72.8 Å². The van der Waals surface area contributed by atoms with Gasteiger partial charge in [-0.15, -0.1) is 0 Å². The van der Waals surface area contributed by atoms with Crippen molar-refractivity contribution < 1.29 is 24.2 Å². The summed E-state index contributed by atoms with van der Waals surface area (Å²) in [5, 5.41) is 10.2. The van der Waals surface area contributed by atoms with Gasteiger partial charge in [-0.05, 0) is 67.3 Å². The number of esters is 2. The van der Waals surface area contributed by atoms with Crippen LogP contribution in [0.2, 0.25) is 0 Å². The van der Waals surface area contributed by atoms with Crippen molar-refractivity contribution in [3.05, 3.63) is 47.6 Å². The van der Waals surface area contributed by atoms with Crippen molar-refractivity contribution in [2.75, 3.05) is 0 Å². The van der Waals surface area contributed by atoms with Gasteiger partial charge in [-0.1, -0.05) is 76.8 Å². The van der Waals surface area contributed by atoms with Crippen molar-refractivity contribution in [3.63, 3.8) is 0 Å². The maximum atomic E-state index is 12.7. The summed E-state index contributed by atoms with van der Waals surface area (Å²) in [6, 6.07) is 0. The molecule has 1 N–H and O–H groups in total. The zero-order valence-corrected chi connectivity index (χ0v) is 22.6. The molecule has 5 nitrogen and oxygen atoms in total. The maximum Gasteiger partial charge on any atom is 0.334 e. The fourth-order valence-electron chi connectivity index (χ4n) is 7.56. The molecule has 0 aromatic rings. The van der Waals surface area contributed by atoms with Crippen LogP contribution in [0.1, 0.15) is 91.9 Å². The standard InChI is InChI=1S/C31H44O5/c1-20(2)8-6-9-22(4)29-30(5)17-7-10-23(12-13-24-18-25(32)14-11-21(24)3)26(30)19-31(29)35-27(33)15-16-28(34)36-31/h12-13,15-16,20,22,25-26,29,32H,3,6-11,14,17-19H2,1-2,4-5H3/b23-12+,24-13+/t22-,25+,26+,29-,30-/m1/s1. The zero-order valence-electron chi connectivity index (χ0n) is 22.6. The van der Waals surface area contributed by atoms with Gasteiger partial charge in [0.2, 0.25) is 0 Å². The highest BCUT2D eigenvalue weighted by Gasteiger charge is 2.67. The number of carbonyl (C=O) groups excluding carboxylic acids is 2. The first-order chi connectivity index (χ1) is 17.0. The molecule has 0 amide bonds. The zero-order chi connectivity index (χ0) is 26.1. The first kappa shape index (κ1) is 26.9. The van der Waals surface area contributed by atoms with E-state index in [2.05, 4.69) is 46.4 Å². The number of hydrogen-bond acceptors (Lipinski definition) is 5. The van der Waals surface area contributed by atoms with Gasteiger partial charge in [-0.2, -0.15) is 0 Å². The van der Waals surface area contributed by atoms with E-state index in [0.717, 1.165) is 62.5 Å². The Morgan fingerprint density at radius 1 is 1.11 bits per heavy atom. The first-order valence-corrected chi connectivity index (χ1v) is 13.9. The van der Waals surface area contributed by atoms with Crippen molar-refractivity contribution >= 4 is 11.9 Å². The van der Waals surface area contributed by atoms with Gasteiger partial charge >= 0.3 is 11.9 Å². The fourth-order valence-corrected chi connectivity index (χ4v) is 7.56. The second-order valence-corrected chi connectivity index (χ2v) is 12.3. The van der Waals surface area contributed by atoms with Gasteiger partial charge < -0.3 is 14.6 Å². The number of rotatable bonds is 6. The van der Waals surface area contributed by atoms with E-state index < -0.39 is 17.7 Å². The van der Waals surface area contributed by atoms with Crippen LogP contribution in [0.4, 0.5) is 0 Å². The Labute approximate surface area is 216 Å². The van der Waals surface area contributed by atoms with Crippen molar-refractivity contribution in [2.24, 2.45) is 29.1 Å². The van der Waals surface area contributed by atoms with E-state index in [1.165, 1.54) is 17.7 Å². The van der Waals surface area contributed by atoms with Gasteiger partial charge in [-0.25, -0.2) is 9.59 Å². The second-order valence-electron chi connectivity index (χ2n) is 12.3. The lowest BCUT2D eigenvalue weighted by atomic mass is 9.60. The number of ether oxygens (including phenoxy) is 2. The number of aliphatic hydroxyl groups is 1. The van der Waals surface area contributed by atoms with E-state index >= 15 is 0 Å². The summed E-state index contributed by atoms with van der Waals surface area (Å²) in [5.74, 6) is -1.27.